The van der Waals surface area contributed by atoms with Crippen LogP contribution >= 0.6 is 0 Å². The number of hydrogen-bond donors (Lipinski definition) is 0. The summed E-state index contributed by atoms with van der Waals surface area (Å²) in [5, 5.41) is 7.64. The highest BCUT2D eigenvalue weighted by molar-refractivity contribution is 6.25. The second kappa shape index (κ2) is 16.5. The first-order chi connectivity index (χ1) is 27.6. The van der Waals surface area contributed by atoms with Gasteiger partial charge in [0.1, 0.15) is 0 Å². The minimum absolute atomic E-state index is 0.494. The Morgan fingerprint density at radius 3 is 1.79 bits per heavy atom. The first-order valence-corrected chi connectivity index (χ1v) is 19.0. The summed E-state index contributed by atoms with van der Waals surface area (Å²) in [5.74, 6) is 0. The molecule has 8 aromatic carbocycles. The molecule has 0 aliphatic rings. The van der Waals surface area contributed by atoms with Crippen molar-refractivity contribution in [2.75, 3.05) is 0 Å². The van der Waals surface area contributed by atoms with Crippen molar-refractivity contribution in [2.24, 2.45) is 9.98 Å². The Kier molecular flexibility index (Phi) is 10.5. The maximum atomic E-state index is 5.30. The lowest BCUT2D eigenvalue weighted by molar-refractivity contribution is 1.07. The Morgan fingerprint density at radius 1 is 0.518 bits per heavy atom. The molecule has 0 fully saturated rings. The van der Waals surface area contributed by atoms with Gasteiger partial charge in [-0.05, 0) is 115 Å². The van der Waals surface area contributed by atoms with Gasteiger partial charge in [-0.3, -0.25) is 9.98 Å². The lowest BCUT2D eigenvalue weighted by atomic mass is 9.92. The molecule has 0 saturated carbocycles. The summed E-state index contributed by atoms with van der Waals surface area (Å²) >= 11 is 0. The van der Waals surface area contributed by atoms with Gasteiger partial charge in [0.05, 0.1) is 18.0 Å². The molecule has 0 aliphatic heterocycles. The highest BCUT2D eigenvalue weighted by Crippen LogP contribution is 2.37. The molecule has 8 rings (SSSR count). The highest BCUT2D eigenvalue weighted by atomic mass is 14.8. The first-order valence-electron chi connectivity index (χ1n) is 19.0. The summed E-state index contributed by atoms with van der Waals surface area (Å²) in [5.41, 5.74) is 11.4. The molecule has 2 nitrogen and oxygen atoms in total. The molecule has 0 amide bonds. The predicted octanol–water partition coefficient (Wildman–Crippen LogP) is 14.4. The van der Waals surface area contributed by atoms with Crippen LogP contribution in [0.25, 0.3) is 65.8 Å². The van der Waals surface area contributed by atoms with Crippen molar-refractivity contribution >= 4 is 56.0 Å². The van der Waals surface area contributed by atoms with Gasteiger partial charge in [-0.25, -0.2) is 0 Å². The largest absolute Gasteiger partial charge is 0.280 e. The molecule has 0 heterocycles. The molecule has 8 aromatic rings. The molecular formula is C54H42N2. The second-order valence-electron chi connectivity index (χ2n) is 13.8. The fraction of sp³-hybridized carbons (Fsp3) is 0.0370. The van der Waals surface area contributed by atoms with Gasteiger partial charge in [-0.1, -0.05) is 176 Å². The minimum atomic E-state index is 0.494. The van der Waals surface area contributed by atoms with Crippen molar-refractivity contribution in [2.45, 2.75) is 13.5 Å². The molecule has 0 saturated heterocycles. The van der Waals surface area contributed by atoms with Crippen molar-refractivity contribution in [1.29, 1.82) is 0 Å². The van der Waals surface area contributed by atoms with Crippen molar-refractivity contribution in [3.05, 3.63) is 229 Å². The molecule has 0 radical (unpaired) electrons. The van der Waals surface area contributed by atoms with Gasteiger partial charge in [0.2, 0.25) is 0 Å². The molecule has 0 aliphatic carbocycles. The summed E-state index contributed by atoms with van der Waals surface area (Å²) in [6, 6.07) is 60.4. The smallest absolute Gasteiger partial charge is 0.0716 e. The van der Waals surface area contributed by atoms with Crippen LogP contribution in [0.1, 0.15) is 29.2 Å². The number of fused-ring (bicyclic) bond motifs is 6. The number of allylic oxidation sites excluding steroid dienone is 6. The molecule has 0 bridgehead atoms. The molecule has 0 spiro atoms. The van der Waals surface area contributed by atoms with Crippen LogP contribution in [0, 0.1) is 0 Å². The van der Waals surface area contributed by atoms with Crippen LogP contribution in [0.5, 0.6) is 0 Å². The van der Waals surface area contributed by atoms with E-state index in [1.165, 1.54) is 37.9 Å². The van der Waals surface area contributed by atoms with E-state index in [0.717, 1.165) is 55.9 Å². The molecule has 0 atom stereocenters. The highest BCUT2D eigenvalue weighted by Gasteiger charge is 2.12. The van der Waals surface area contributed by atoms with Crippen molar-refractivity contribution < 1.29 is 0 Å². The van der Waals surface area contributed by atoms with Gasteiger partial charge in [0.25, 0.3) is 0 Å². The third-order valence-corrected chi connectivity index (χ3v) is 10.3. The minimum Gasteiger partial charge on any atom is -0.280 e. The summed E-state index contributed by atoms with van der Waals surface area (Å²) in [4.78, 5) is 9.84. The van der Waals surface area contributed by atoms with Gasteiger partial charge in [-0.2, -0.15) is 0 Å². The number of hydrogen-bond acceptors (Lipinski definition) is 2. The lowest BCUT2D eigenvalue weighted by Crippen LogP contribution is -2.01. The maximum absolute atomic E-state index is 5.30. The topological polar surface area (TPSA) is 24.7 Å². The average molecular weight is 719 g/mol. The molecule has 268 valence electrons. The molecule has 2 heteroatoms. The van der Waals surface area contributed by atoms with E-state index in [9.17, 15) is 0 Å². The normalized spacial score (nSPS) is 12.5. The van der Waals surface area contributed by atoms with E-state index in [-0.39, 0.29) is 0 Å². The predicted molar refractivity (Wildman–Crippen MR) is 243 cm³/mol. The molecule has 56 heavy (non-hydrogen) atoms. The van der Waals surface area contributed by atoms with E-state index < -0.39 is 0 Å². The third kappa shape index (κ3) is 7.46. The lowest BCUT2D eigenvalue weighted by Gasteiger charge is -2.12. The van der Waals surface area contributed by atoms with Gasteiger partial charge in [-0.15, -0.1) is 0 Å². The first kappa shape index (κ1) is 35.8. The Labute approximate surface area is 329 Å². The third-order valence-electron chi connectivity index (χ3n) is 10.3. The van der Waals surface area contributed by atoms with Gasteiger partial charge in [0, 0.05) is 11.1 Å². The van der Waals surface area contributed by atoms with E-state index in [1.54, 1.807) is 0 Å². The Hall–Kier alpha value is -7.16. The Balaban J connectivity index is 1.20. The standard InChI is InChI=1S/C54H42N2/c1-4-6-18-39(5-2)42-22-15-24-45(33-42)53(55-3)36-54(46-25-16-23-43(34-46)40-19-8-7-9-20-40)56-37-38-17-14-21-41(32-38)44-30-31-51-49-28-11-10-26-47(49)48-27-12-13-29-50(48)52(51)35-44/h4-36H,2-3,37H2,1H3/b6-4-,39-18+,53-36-,56-54?. The van der Waals surface area contributed by atoms with Gasteiger partial charge in [0.15, 0.2) is 0 Å². The molecule has 0 unspecified atom stereocenters. The van der Waals surface area contributed by atoms with Crippen LogP contribution < -0.4 is 0 Å². The van der Waals surface area contributed by atoms with Crippen LogP contribution in [0.2, 0.25) is 0 Å². The van der Waals surface area contributed by atoms with Crippen LogP contribution in [0.3, 0.4) is 0 Å². The van der Waals surface area contributed by atoms with Crippen molar-refractivity contribution in [3.8, 4) is 22.3 Å². The molecular weight excluding hydrogens is 677 g/mol. The van der Waals surface area contributed by atoms with Crippen molar-refractivity contribution in [3.63, 3.8) is 0 Å². The fourth-order valence-electron chi connectivity index (χ4n) is 7.51. The number of aliphatic imine (C=N–C) groups is 2. The van der Waals surface area contributed by atoms with Crippen LogP contribution in [-0.2, 0) is 6.54 Å². The SMILES string of the molecule is C=C/C(=C\C=C/C)c1cccc(/C(=C/C(=NCc2cccc(-c3ccc4c5ccccc5c5ccccc5c4c3)c2)c2cccc(-c3ccccc3)c2)N=C)c1. The van der Waals surface area contributed by atoms with Gasteiger partial charge < -0.3 is 0 Å². The van der Waals surface area contributed by atoms with E-state index in [2.05, 4.69) is 188 Å². The van der Waals surface area contributed by atoms with Crippen LogP contribution in [0.15, 0.2) is 217 Å². The molecule has 0 N–H and O–H groups in total. The second-order valence-corrected chi connectivity index (χ2v) is 13.8. The van der Waals surface area contributed by atoms with E-state index >= 15 is 0 Å². The van der Waals surface area contributed by atoms with E-state index in [1.807, 2.05) is 37.3 Å². The number of nitrogens with zero attached hydrogens (tertiary/aromatic N) is 2. The zero-order chi connectivity index (χ0) is 38.3. The molecule has 0 aromatic heterocycles. The maximum Gasteiger partial charge on any atom is 0.0716 e. The van der Waals surface area contributed by atoms with Crippen LogP contribution in [0.4, 0.5) is 0 Å². The summed E-state index contributed by atoms with van der Waals surface area (Å²) < 4.78 is 0. The van der Waals surface area contributed by atoms with E-state index in [4.69, 9.17) is 4.99 Å². The summed E-state index contributed by atoms with van der Waals surface area (Å²) in [7, 11) is 0. The van der Waals surface area contributed by atoms with E-state index in [0.29, 0.717) is 6.54 Å². The summed E-state index contributed by atoms with van der Waals surface area (Å²) in [6.45, 7) is 10.5. The van der Waals surface area contributed by atoms with Crippen LogP contribution in [-0.4, -0.2) is 12.4 Å². The summed E-state index contributed by atoms with van der Waals surface area (Å²) in [6.07, 6.45) is 10.0. The van der Waals surface area contributed by atoms with Crippen molar-refractivity contribution in [1.82, 2.24) is 0 Å². The zero-order valence-corrected chi connectivity index (χ0v) is 31.6. The number of benzene rings is 8. The fourth-order valence-corrected chi connectivity index (χ4v) is 7.51. The monoisotopic (exact) mass is 718 g/mol. The van der Waals surface area contributed by atoms with Gasteiger partial charge >= 0.3 is 0 Å². The average Bonchev–Trinajstić information content (AvgIpc) is 3.27. The Morgan fingerprint density at radius 2 is 1.09 bits per heavy atom. The number of rotatable bonds is 11. The zero-order valence-electron chi connectivity index (χ0n) is 31.6. The Bertz CT molecular complexity index is 2830. The quantitative estimate of drug-likeness (QED) is 0.0723.